The van der Waals surface area contributed by atoms with Gasteiger partial charge in [-0.3, -0.25) is 0 Å². The van der Waals surface area contributed by atoms with Gasteiger partial charge in [-0.25, -0.2) is 13.6 Å². The van der Waals surface area contributed by atoms with Gasteiger partial charge in [-0.15, -0.1) is 0 Å². The molecule has 0 rings (SSSR count). The molecular weight excluding hydrogens is 238 g/mol. The van der Waals surface area contributed by atoms with Crippen molar-refractivity contribution in [2.75, 3.05) is 19.0 Å². The van der Waals surface area contributed by atoms with Crippen molar-refractivity contribution in [1.82, 2.24) is 0 Å². The SMILES string of the molecule is CCCCC(CC)COCC(C)CS(N)(=O)=O. The maximum atomic E-state index is 10.9. The van der Waals surface area contributed by atoms with Gasteiger partial charge in [-0.1, -0.05) is 40.0 Å². The van der Waals surface area contributed by atoms with E-state index in [0.717, 1.165) is 13.0 Å². The molecule has 0 bridgehead atoms. The van der Waals surface area contributed by atoms with Crippen LogP contribution in [-0.2, 0) is 14.8 Å². The van der Waals surface area contributed by atoms with E-state index in [1.54, 1.807) is 0 Å². The fourth-order valence-electron chi connectivity index (χ4n) is 1.78. The van der Waals surface area contributed by atoms with Crippen molar-refractivity contribution in [2.45, 2.75) is 46.5 Å². The van der Waals surface area contributed by atoms with Crippen LogP contribution in [0.4, 0.5) is 0 Å². The summed E-state index contributed by atoms with van der Waals surface area (Å²) < 4.78 is 27.3. The minimum atomic E-state index is -3.37. The summed E-state index contributed by atoms with van der Waals surface area (Å²) in [5.74, 6) is 0.559. The van der Waals surface area contributed by atoms with Crippen LogP contribution in [0.25, 0.3) is 0 Å². The molecule has 0 heterocycles. The lowest BCUT2D eigenvalue weighted by Gasteiger charge is -2.16. The van der Waals surface area contributed by atoms with E-state index in [1.165, 1.54) is 19.3 Å². The molecule has 0 aliphatic rings. The van der Waals surface area contributed by atoms with Crippen LogP contribution >= 0.6 is 0 Å². The van der Waals surface area contributed by atoms with E-state index in [9.17, 15) is 8.42 Å². The number of rotatable bonds is 10. The highest BCUT2D eigenvalue weighted by atomic mass is 32.2. The molecule has 0 aliphatic heterocycles. The molecule has 5 heteroatoms. The number of ether oxygens (including phenoxy) is 1. The fourth-order valence-corrected chi connectivity index (χ4v) is 2.67. The second-order valence-corrected chi connectivity index (χ2v) is 6.55. The summed E-state index contributed by atoms with van der Waals surface area (Å²) in [6.45, 7) is 7.39. The molecule has 0 aromatic heterocycles. The zero-order chi connectivity index (χ0) is 13.3. The minimum Gasteiger partial charge on any atom is -0.381 e. The minimum absolute atomic E-state index is 0.00124. The van der Waals surface area contributed by atoms with Crippen molar-refractivity contribution in [3.05, 3.63) is 0 Å². The van der Waals surface area contributed by atoms with Crippen molar-refractivity contribution in [3.8, 4) is 0 Å². The monoisotopic (exact) mass is 265 g/mol. The highest BCUT2D eigenvalue weighted by Gasteiger charge is 2.12. The number of unbranched alkanes of at least 4 members (excludes halogenated alkanes) is 1. The summed E-state index contributed by atoms with van der Waals surface area (Å²) in [4.78, 5) is 0. The molecule has 2 unspecified atom stereocenters. The molecule has 0 saturated heterocycles. The molecule has 0 spiro atoms. The Labute approximate surface area is 106 Å². The van der Waals surface area contributed by atoms with Crippen LogP contribution in [0.5, 0.6) is 0 Å². The van der Waals surface area contributed by atoms with Gasteiger partial charge in [0.05, 0.1) is 12.4 Å². The van der Waals surface area contributed by atoms with Crippen LogP contribution in [0.3, 0.4) is 0 Å². The van der Waals surface area contributed by atoms with Crippen LogP contribution in [0.1, 0.15) is 46.5 Å². The lowest BCUT2D eigenvalue weighted by atomic mass is 10.0. The summed E-state index contributed by atoms with van der Waals surface area (Å²) in [6, 6.07) is 0. The van der Waals surface area contributed by atoms with Gasteiger partial charge >= 0.3 is 0 Å². The fraction of sp³-hybridized carbons (Fsp3) is 1.00. The lowest BCUT2D eigenvalue weighted by molar-refractivity contribution is 0.0756. The van der Waals surface area contributed by atoms with E-state index in [1.807, 2.05) is 6.92 Å². The Morgan fingerprint density at radius 3 is 2.35 bits per heavy atom. The molecule has 0 fully saturated rings. The van der Waals surface area contributed by atoms with E-state index in [2.05, 4.69) is 13.8 Å². The molecule has 0 aromatic carbocycles. The van der Waals surface area contributed by atoms with Crippen molar-refractivity contribution in [3.63, 3.8) is 0 Å². The molecule has 2 N–H and O–H groups in total. The summed E-state index contributed by atoms with van der Waals surface area (Å²) >= 11 is 0. The van der Waals surface area contributed by atoms with Gasteiger partial charge in [0, 0.05) is 6.61 Å². The van der Waals surface area contributed by atoms with Crippen molar-refractivity contribution >= 4 is 10.0 Å². The highest BCUT2D eigenvalue weighted by molar-refractivity contribution is 7.89. The first-order valence-corrected chi connectivity index (χ1v) is 8.18. The van der Waals surface area contributed by atoms with Crippen LogP contribution in [0.2, 0.25) is 0 Å². The highest BCUT2D eigenvalue weighted by Crippen LogP contribution is 2.13. The molecular formula is C12H27NO3S. The average Bonchev–Trinajstić information content (AvgIpc) is 2.20. The van der Waals surface area contributed by atoms with Gasteiger partial charge in [-0.05, 0) is 18.3 Å². The molecule has 0 saturated carbocycles. The molecule has 4 nitrogen and oxygen atoms in total. The second-order valence-electron chi connectivity index (χ2n) is 4.89. The second kappa shape index (κ2) is 8.89. The molecule has 17 heavy (non-hydrogen) atoms. The Morgan fingerprint density at radius 1 is 1.24 bits per heavy atom. The first-order valence-electron chi connectivity index (χ1n) is 6.47. The Hall–Kier alpha value is -0.130. The molecule has 0 aromatic rings. The first-order chi connectivity index (χ1) is 7.89. The molecule has 0 amide bonds. The van der Waals surface area contributed by atoms with E-state index in [4.69, 9.17) is 9.88 Å². The number of primary sulfonamides is 1. The largest absolute Gasteiger partial charge is 0.381 e. The van der Waals surface area contributed by atoms with Gasteiger partial charge in [-0.2, -0.15) is 0 Å². The van der Waals surface area contributed by atoms with Crippen molar-refractivity contribution in [2.24, 2.45) is 17.0 Å². The number of nitrogens with two attached hydrogens (primary N) is 1. The van der Waals surface area contributed by atoms with Gasteiger partial charge < -0.3 is 4.74 Å². The zero-order valence-corrected chi connectivity index (χ0v) is 12.1. The van der Waals surface area contributed by atoms with E-state index in [-0.39, 0.29) is 11.7 Å². The van der Waals surface area contributed by atoms with E-state index in [0.29, 0.717) is 12.5 Å². The number of hydrogen-bond acceptors (Lipinski definition) is 3. The van der Waals surface area contributed by atoms with Crippen LogP contribution in [0.15, 0.2) is 0 Å². The number of hydrogen-bond donors (Lipinski definition) is 1. The summed E-state index contributed by atoms with van der Waals surface area (Å²) in [5.41, 5.74) is 0. The van der Waals surface area contributed by atoms with Gasteiger partial charge in [0.1, 0.15) is 0 Å². The molecule has 0 aliphatic carbocycles. The molecule has 2 atom stereocenters. The van der Waals surface area contributed by atoms with E-state index >= 15 is 0 Å². The lowest BCUT2D eigenvalue weighted by Crippen LogP contribution is -2.25. The summed E-state index contributed by atoms with van der Waals surface area (Å²) in [6.07, 6.45) is 4.74. The summed E-state index contributed by atoms with van der Waals surface area (Å²) in [7, 11) is -3.37. The third kappa shape index (κ3) is 10.7. The summed E-state index contributed by atoms with van der Waals surface area (Å²) in [5, 5.41) is 4.98. The maximum Gasteiger partial charge on any atom is 0.209 e. The normalized spacial score (nSPS) is 15.8. The first kappa shape index (κ1) is 16.9. The Kier molecular flexibility index (Phi) is 8.82. The number of sulfonamides is 1. The van der Waals surface area contributed by atoms with Crippen LogP contribution in [0, 0.1) is 11.8 Å². The Morgan fingerprint density at radius 2 is 1.88 bits per heavy atom. The Balaban J connectivity index is 3.73. The molecule has 104 valence electrons. The predicted molar refractivity (Wildman–Crippen MR) is 71.3 cm³/mol. The zero-order valence-electron chi connectivity index (χ0n) is 11.3. The van der Waals surface area contributed by atoms with Crippen molar-refractivity contribution < 1.29 is 13.2 Å². The van der Waals surface area contributed by atoms with Gasteiger partial charge in [0.15, 0.2) is 0 Å². The predicted octanol–water partition coefficient (Wildman–Crippen LogP) is 2.14. The van der Waals surface area contributed by atoms with Crippen LogP contribution < -0.4 is 5.14 Å². The average molecular weight is 265 g/mol. The Bertz CT molecular complexity index is 277. The topological polar surface area (TPSA) is 69.4 Å². The van der Waals surface area contributed by atoms with E-state index < -0.39 is 10.0 Å². The van der Waals surface area contributed by atoms with Gasteiger partial charge in [0.2, 0.25) is 10.0 Å². The third-order valence-corrected chi connectivity index (χ3v) is 3.85. The van der Waals surface area contributed by atoms with Crippen LogP contribution in [-0.4, -0.2) is 27.4 Å². The van der Waals surface area contributed by atoms with Crippen molar-refractivity contribution in [1.29, 1.82) is 0 Å². The molecule has 0 radical (unpaired) electrons. The standard InChI is InChI=1S/C12H27NO3S/c1-4-6-7-12(5-2)9-16-8-11(3)10-17(13,14)15/h11-12H,4-10H2,1-3H3,(H2,13,14,15). The van der Waals surface area contributed by atoms with Gasteiger partial charge in [0.25, 0.3) is 0 Å². The third-order valence-electron chi connectivity index (χ3n) is 2.82. The quantitative estimate of drug-likeness (QED) is 0.658. The smallest absolute Gasteiger partial charge is 0.209 e. The maximum absolute atomic E-state index is 10.9.